The van der Waals surface area contributed by atoms with Gasteiger partial charge in [-0.25, -0.2) is 19.9 Å². The van der Waals surface area contributed by atoms with Crippen LogP contribution in [0.3, 0.4) is 0 Å². The molecule has 82 heavy (non-hydrogen) atoms. The lowest BCUT2D eigenvalue weighted by atomic mass is 9.92. The Labute approximate surface area is 478 Å². The van der Waals surface area contributed by atoms with E-state index in [0.29, 0.717) is 11.6 Å². The van der Waals surface area contributed by atoms with E-state index in [1.54, 1.807) is 0 Å². The fraction of sp³-hybridized carbons (Fsp3) is 0. The van der Waals surface area contributed by atoms with Gasteiger partial charge in [-0.3, -0.25) is 0 Å². The van der Waals surface area contributed by atoms with Crippen molar-refractivity contribution in [3.63, 3.8) is 0 Å². The Hall–Kier alpha value is -10.9. The minimum absolute atomic E-state index is 0.680. The van der Waals surface area contributed by atoms with E-state index in [1.165, 1.54) is 55.3 Å². The molecule has 0 aliphatic heterocycles. The third-order valence-electron chi connectivity index (χ3n) is 15.4. The molecule has 12 aromatic carbocycles. The van der Waals surface area contributed by atoms with Crippen molar-refractivity contribution in [3.8, 4) is 135 Å². The Morgan fingerprint density at radius 3 is 0.659 bits per heavy atom. The van der Waals surface area contributed by atoms with Crippen molar-refractivity contribution in [3.05, 3.63) is 315 Å². The molecule has 0 atom stereocenters. The van der Waals surface area contributed by atoms with E-state index >= 15 is 0 Å². The molecular formula is C78H52N4. The minimum Gasteiger partial charge on any atom is -0.228 e. The average molecular weight is 1050 g/mol. The summed E-state index contributed by atoms with van der Waals surface area (Å²) in [5.41, 5.74) is 23.5. The zero-order valence-corrected chi connectivity index (χ0v) is 44.8. The van der Waals surface area contributed by atoms with Crippen molar-refractivity contribution in [1.82, 2.24) is 19.9 Å². The number of hydrogen-bond donors (Lipinski definition) is 0. The second-order valence-corrected chi connectivity index (χ2v) is 20.5. The second-order valence-electron chi connectivity index (χ2n) is 20.5. The molecule has 0 bridgehead atoms. The van der Waals surface area contributed by atoms with Crippen LogP contribution in [0.5, 0.6) is 0 Å². The first kappa shape index (κ1) is 49.4. The van der Waals surface area contributed by atoms with Crippen LogP contribution >= 0.6 is 0 Å². The number of hydrogen-bond acceptors (Lipinski definition) is 4. The highest BCUT2D eigenvalue weighted by atomic mass is 14.9. The third-order valence-corrected chi connectivity index (χ3v) is 15.4. The number of aromatic nitrogens is 4. The van der Waals surface area contributed by atoms with Crippen molar-refractivity contribution in [2.45, 2.75) is 0 Å². The van der Waals surface area contributed by atoms with E-state index in [1.807, 2.05) is 12.1 Å². The van der Waals surface area contributed by atoms with Gasteiger partial charge in [0.2, 0.25) is 0 Å². The van der Waals surface area contributed by atoms with Crippen LogP contribution in [0.15, 0.2) is 315 Å². The van der Waals surface area contributed by atoms with Gasteiger partial charge < -0.3 is 0 Å². The van der Waals surface area contributed by atoms with Gasteiger partial charge in [0, 0.05) is 33.4 Å². The predicted molar refractivity (Wildman–Crippen MR) is 340 cm³/mol. The van der Waals surface area contributed by atoms with E-state index in [2.05, 4.69) is 303 Å². The quantitative estimate of drug-likeness (QED) is 0.122. The van der Waals surface area contributed by atoms with Gasteiger partial charge >= 0.3 is 0 Å². The van der Waals surface area contributed by atoms with Crippen LogP contribution in [-0.4, -0.2) is 19.9 Å². The maximum absolute atomic E-state index is 5.23. The molecule has 0 N–H and O–H groups in total. The van der Waals surface area contributed by atoms with E-state index in [0.717, 1.165) is 78.4 Å². The molecule has 0 spiro atoms. The lowest BCUT2D eigenvalue weighted by molar-refractivity contribution is 1.18. The van der Waals surface area contributed by atoms with Gasteiger partial charge in [-0.1, -0.05) is 303 Å². The predicted octanol–water partition coefficient (Wildman–Crippen LogP) is 20.4. The first-order valence-corrected chi connectivity index (χ1v) is 27.8. The highest BCUT2D eigenvalue weighted by Crippen LogP contribution is 2.39. The molecule has 2 aromatic heterocycles. The molecule has 0 aliphatic carbocycles. The second kappa shape index (κ2) is 22.1. The lowest BCUT2D eigenvalue weighted by Gasteiger charge is -2.14. The molecule has 0 saturated heterocycles. The van der Waals surface area contributed by atoms with Crippen LogP contribution in [0.4, 0.5) is 0 Å². The van der Waals surface area contributed by atoms with Gasteiger partial charge in [0.1, 0.15) is 0 Å². The number of rotatable bonds is 12. The summed E-state index contributed by atoms with van der Waals surface area (Å²) in [5, 5.41) is 2.37. The van der Waals surface area contributed by atoms with Gasteiger partial charge in [-0.15, -0.1) is 0 Å². The fourth-order valence-corrected chi connectivity index (χ4v) is 11.2. The normalized spacial score (nSPS) is 11.2. The summed E-state index contributed by atoms with van der Waals surface area (Å²) in [6, 6.07) is 111. The molecule has 0 unspecified atom stereocenters. The number of fused-ring (bicyclic) bond motifs is 1. The highest BCUT2D eigenvalue weighted by Gasteiger charge is 2.17. The summed E-state index contributed by atoms with van der Waals surface area (Å²) in [6.45, 7) is 0. The minimum atomic E-state index is 0.680. The summed E-state index contributed by atoms with van der Waals surface area (Å²) in [5.74, 6) is 1.36. The zero-order valence-electron chi connectivity index (χ0n) is 44.8. The smallest absolute Gasteiger partial charge is 0.160 e. The summed E-state index contributed by atoms with van der Waals surface area (Å²) in [7, 11) is 0. The highest BCUT2D eigenvalue weighted by molar-refractivity contribution is 6.04. The average Bonchev–Trinajstić information content (AvgIpc) is 3.74. The third kappa shape index (κ3) is 9.98. The van der Waals surface area contributed by atoms with E-state index < -0.39 is 0 Å². The monoisotopic (exact) mass is 1040 g/mol. The van der Waals surface area contributed by atoms with Gasteiger partial charge in [-0.2, -0.15) is 0 Å². The molecule has 0 radical (unpaired) electrons. The lowest BCUT2D eigenvalue weighted by Crippen LogP contribution is -1.96. The molecule has 384 valence electrons. The molecule has 14 rings (SSSR count). The van der Waals surface area contributed by atoms with Crippen molar-refractivity contribution < 1.29 is 0 Å². The molecule has 2 heterocycles. The van der Waals surface area contributed by atoms with E-state index in [-0.39, 0.29) is 0 Å². The topological polar surface area (TPSA) is 51.6 Å². The van der Waals surface area contributed by atoms with Crippen LogP contribution in [0.2, 0.25) is 0 Å². The summed E-state index contributed by atoms with van der Waals surface area (Å²) < 4.78 is 0. The standard InChI is InChI=1S/C78H52N4/c1-5-19-53(20-6-1)65-27-13-15-29-67(65)55-39-47-63(48-40-55)77-79-73(59-23-9-3-10-24-59)51-75(81-77)61-43-35-57(36-44-61)69-31-17-34-72-70(32-18-33-71(69)72)58-37-45-62(46-38-58)76-52-74(60-25-11-4-12-26-60)80-78(82-76)64-49-41-56(42-50-64)68-30-16-14-28-66(68)54-21-7-2-8-22-54/h1-52H. The largest absolute Gasteiger partial charge is 0.228 e. The van der Waals surface area contributed by atoms with Crippen molar-refractivity contribution in [2.24, 2.45) is 0 Å². The Morgan fingerprint density at radius 1 is 0.146 bits per heavy atom. The molecule has 0 amide bonds. The Balaban J connectivity index is 0.755. The molecular weight excluding hydrogens is 993 g/mol. The maximum Gasteiger partial charge on any atom is 0.160 e. The van der Waals surface area contributed by atoms with Crippen LogP contribution in [0, 0.1) is 0 Å². The van der Waals surface area contributed by atoms with Crippen LogP contribution in [-0.2, 0) is 0 Å². The molecule has 4 heteroatoms. The van der Waals surface area contributed by atoms with Gasteiger partial charge in [0.15, 0.2) is 11.6 Å². The molecule has 0 saturated carbocycles. The Morgan fingerprint density at radius 2 is 0.354 bits per heavy atom. The maximum atomic E-state index is 5.23. The van der Waals surface area contributed by atoms with Crippen molar-refractivity contribution in [2.75, 3.05) is 0 Å². The SMILES string of the molecule is c1ccc(-c2cc(-c3ccc(-c4cccc5c(-c6ccc(-c7cc(-c8ccccc8)nc(-c8ccc(-c9ccccc9-c9ccccc9)cc8)n7)cc6)cccc45)cc3)nc(-c3ccc(-c4ccccc4-c4ccccc4)cc3)n2)cc1. The van der Waals surface area contributed by atoms with Gasteiger partial charge in [0.25, 0.3) is 0 Å². The first-order valence-electron chi connectivity index (χ1n) is 27.8. The van der Waals surface area contributed by atoms with Gasteiger partial charge in [-0.05, 0) is 89.7 Å². The molecule has 0 fully saturated rings. The molecule has 4 nitrogen and oxygen atoms in total. The summed E-state index contributed by atoms with van der Waals surface area (Å²) >= 11 is 0. The van der Waals surface area contributed by atoms with Crippen LogP contribution in [0.1, 0.15) is 0 Å². The Bertz CT molecular complexity index is 4250. The Kier molecular flexibility index (Phi) is 13.3. The number of benzene rings is 12. The summed E-state index contributed by atoms with van der Waals surface area (Å²) in [4.78, 5) is 20.8. The van der Waals surface area contributed by atoms with Crippen molar-refractivity contribution >= 4 is 10.8 Å². The van der Waals surface area contributed by atoms with E-state index in [9.17, 15) is 0 Å². The zero-order chi connectivity index (χ0) is 54.6. The fourth-order valence-electron chi connectivity index (χ4n) is 11.2. The van der Waals surface area contributed by atoms with Crippen molar-refractivity contribution in [1.29, 1.82) is 0 Å². The first-order chi connectivity index (χ1) is 40.6. The molecule has 0 aliphatic rings. The van der Waals surface area contributed by atoms with Crippen LogP contribution in [0.25, 0.3) is 145 Å². The molecule has 14 aromatic rings. The van der Waals surface area contributed by atoms with Gasteiger partial charge in [0.05, 0.1) is 22.8 Å². The van der Waals surface area contributed by atoms with E-state index in [4.69, 9.17) is 19.9 Å². The van der Waals surface area contributed by atoms with Crippen LogP contribution < -0.4 is 0 Å². The number of nitrogens with zero attached hydrogens (tertiary/aromatic N) is 4. The summed E-state index contributed by atoms with van der Waals surface area (Å²) in [6.07, 6.45) is 0.